The van der Waals surface area contributed by atoms with Gasteiger partial charge in [-0.3, -0.25) is 0 Å². The number of rotatable bonds is 7. The molecule has 1 unspecified atom stereocenters. The summed E-state index contributed by atoms with van der Waals surface area (Å²) in [6, 6.07) is 8.90. The van der Waals surface area contributed by atoms with Crippen molar-refractivity contribution < 1.29 is 0 Å². The zero-order valence-corrected chi connectivity index (χ0v) is 12.2. The molecule has 0 aliphatic carbocycles. The lowest BCUT2D eigenvalue weighted by Gasteiger charge is -2.21. The van der Waals surface area contributed by atoms with Crippen LogP contribution in [0.15, 0.2) is 24.3 Å². The number of hydrogen-bond donors (Lipinski definition) is 1. The molecule has 1 rings (SSSR count). The van der Waals surface area contributed by atoms with Crippen LogP contribution in [0.2, 0.25) is 0 Å². The Morgan fingerprint density at radius 3 is 2.35 bits per heavy atom. The van der Waals surface area contributed by atoms with E-state index in [9.17, 15) is 0 Å². The van der Waals surface area contributed by atoms with E-state index in [0.29, 0.717) is 0 Å². The van der Waals surface area contributed by atoms with Gasteiger partial charge < -0.3 is 4.90 Å². The molecule has 0 aromatic heterocycles. The lowest BCUT2D eigenvalue weighted by Crippen LogP contribution is -2.20. The number of anilines is 1. The lowest BCUT2D eigenvalue weighted by atomic mass is 10.0. The van der Waals surface area contributed by atoms with Crippen molar-refractivity contribution in [3.63, 3.8) is 0 Å². The van der Waals surface area contributed by atoms with Gasteiger partial charge in [-0.15, -0.1) is 0 Å². The number of benzene rings is 1. The maximum atomic E-state index is 4.28. The zero-order valence-electron chi connectivity index (χ0n) is 11.3. The van der Waals surface area contributed by atoms with Gasteiger partial charge in [-0.25, -0.2) is 0 Å². The maximum absolute atomic E-state index is 4.28. The van der Waals surface area contributed by atoms with Gasteiger partial charge in [0.15, 0.2) is 0 Å². The number of thiol groups is 1. The van der Waals surface area contributed by atoms with Crippen molar-refractivity contribution in [1.82, 2.24) is 0 Å². The van der Waals surface area contributed by atoms with Crippen LogP contribution in [0.5, 0.6) is 0 Å². The van der Waals surface area contributed by atoms with Crippen molar-refractivity contribution in [2.24, 2.45) is 5.92 Å². The lowest BCUT2D eigenvalue weighted by molar-refractivity contribution is 0.522. The van der Waals surface area contributed by atoms with Gasteiger partial charge in [-0.2, -0.15) is 12.6 Å². The normalized spacial score (nSPS) is 12.5. The van der Waals surface area contributed by atoms with E-state index < -0.39 is 0 Å². The second-order valence-corrected chi connectivity index (χ2v) is 5.29. The van der Waals surface area contributed by atoms with Crippen molar-refractivity contribution in [2.75, 3.05) is 24.2 Å². The highest BCUT2D eigenvalue weighted by Crippen LogP contribution is 2.16. The molecule has 0 N–H and O–H groups in total. The minimum Gasteiger partial charge on any atom is -0.375 e. The standard InChI is InChI=1S/C15H25NS/c1-4-14-5-7-15(8-6-14)16(3)11-9-13(2)10-12-17/h5-8,13,17H,4,9-12H2,1-3H3. The second-order valence-electron chi connectivity index (χ2n) is 4.85. The first kappa shape index (κ1) is 14.4. The Labute approximate surface area is 112 Å². The van der Waals surface area contributed by atoms with Crippen LogP contribution in [0.4, 0.5) is 5.69 Å². The molecule has 0 bridgehead atoms. The Bertz CT molecular complexity index is 307. The van der Waals surface area contributed by atoms with Gasteiger partial charge in [-0.1, -0.05) is 26.0 Å². The highest BCUT2D eigenvalue weighted by molar-refractivity contribution is 7.80. The fraction of sp³-hybridized carbons (Fsp3) is 0.600. The molecule has 0 heterocycles. The van der Waals surface area contributed by atoms with Crippen LogP contribution < -0.4 is 4.90 Å². The molecule has 0 aliphatic rings. The van der Waals surface area contributed by atoms with Crippen LogP contribution >= 0.6 is 12.6 Å². The first-order valence-corrected chi connectivity index (χ1v) is 7.21. The average molecular weight is 251 g/mol. The van der Waals surface area contributed by atoms with E-state index in [-0.39, 0.29) is 0 Å². The number of nitrogens with zero attached hydrogens (tertiary/aromatic N) is 1. The maximum Gasteiger partial charge on any atom is 0.0363 e. The van der Waals surface area contributed by atoms with Crippen molar-refractivity contribution >= 4 is 18.3 Å². The van der Waals surface area contributed by atoms with Crippen LogP contribution in [0, 0.1) is 5.92 Å². The molecule has 17 heavy (non-hydrogen) atoms. The minimum absolute atomic E-state index is 0.768. The largest absolute Gasteiger partial charge is 0.375 e. The van der Waals surface area contributed by atoms with E-state index in [1.165, 1.54) is 24.1 Å². The van der Waals surface area contributed by atoms with Gasteiger partial charge in [-0.05, 0) is 48.6 Å². The number of hydrogen-bond acceptors (Lipinski definition) is 2. The van der Waals surface area contributed by atoms with E-state index in [1.807, 2.05) is 0 Å². The fourth-order valence-electron chi connectivity index (χ4n) is 1.89. The monoisotopic (exact) mass is 251 g/mol. The minimum atomic E-state index is 0.768. The van der Waals surface area contributed by atoms with Crippen LogP contribution in [0.25, 0.3) is 0 Å². The summed E-state index contributed by atoms with van der Waals surface area (Å²) in [6.45, 7) is 5.63. The summed E-state index contributed by atoms with van der Waals surface area (Å²) >= 11 is 4.28. The summed E-state index contributed by atoms with van der Waals surface area (Å²) in [4.78, 5) is 2.34. The van der Waals surface area contributed by atoms with Crippen LogP contribution in [-0.2, 0) is 6.42 Å². The third kappa shape index (κ3) is 5.03. The third-order valence-electron chi connectivity index (χ3n) is 3.36. The van der Waals surface area contributed by atoms with Gasteiger partial charge in [0.2, 0.25) is 0 Å². The highest BCUT2D eigenvalue weighted by atomic mass is 32.1. The molecule has 0 saturated heterocycles. The van der Waals surface area contributed by atoms with E-state index in [0.717, 1.165) is 24.6 Å². The molecule has 0 fully saturated rings. The summed E-state index contributed by atoms with van der Waals surface area (Å²) in [5, 5.41) is 0. The molecule has 1 aromatic carbocycles. The molecule has 2 heteroatoms. The predicted molar refractivity (Wildman–Crippen MR) is 81.3 cm³/mol. The summed E-state index contributed by atoms with van der Waals surface area (Å²) in [6.07, 6.45) is 3.57. The van der Waals surface area contributed by atoms with Crippen LogP contribution in [-0.4, -0.2) is 19.3 Å². The molecule has 96 valence electrons. The molecular formula is C15H25NS. The molecule has 1 aromatic rings. The van der Waals surface area contributed by atoms with Gasteiger partial charge in [0.25, 0.3) is 0 Å². The van der Waals surface area contributed by atoms with Gasteiger partial charge in [0.1, 0.15) is 0 Å². The van der Waals surface area contributed by atoms with Crippen molar-refractivity contribution in [3.8, 4) is 0 Å². The van der Waals surface area contributed by atoms with Crippen molar-refractivity contribution in [2.45, 2.75) is 33.1 Å². The molecule has 0 amide bonds. The number of aryl methyl sites for hydroxylation is 1. The molecular weight excluding hydrogens is 226 g/mol. The SMILES string of the molecule is CCc1ccc(N(C)CCC(C)CCS)cc1. The fourth-order valence-corrected chi connectivity index (χ4v) is 2.33. The van der Waals surface area contributed by atoms with E-state index in [2.05, 4.69) is 62.7 Å². The predicted octanol–water partition coefficient (Wildman–Crippen LogP) is 4.03. The quantitative estimate of drug-likeness (QED) is 0.716. The van der Waals surface area contributed by atoms with E-state index in [4.69, 9.17) is 0 Å². The third-order valence-corrected chi connectivity index (χ3v) is 3.62. The summed E-state index contributed by atoms with van der Waals surface area (Å²) < 4.78 is 0. The first-order chi connectivity index (χ1) is 8.17. The Morgan fingerprint density at radius 1 is 1.18 bits per heavy atom. The van der Waals surface area contributed by atoms with Crippen LogP contribution in [0.1, 0.15) is 32.3 Å². The molecule has 0 aliphatic heterocycles. The first-order valence-electron chi connectivity index (χ1n) is 6.58. The van der Waals surface area contributed by atoms with Crippen molar-refractivity contribution in [3.05, 3.63) is 29.8 Å². The Morgan fingerprint density at radius 2 is 1.82 bits per heavy atom. The molecule has 0 spiro atoms. The zero-order chi connectivity index (χ0) is 12.7. The average Bonchev–Trinajstić information content (AvgIpc) is 2.36. The molecule has 0 saturated carbocycles. The summed E-state index contributed by atoms with van der Waals surface area (Å²) in [7, 11) is 2.17. The van der Waals surface area contributed by atoms with Crippen LogP contribution in [0.3, 0.4) is 0 Å². The summed E-state index contributed by atoms with van der Waals surface area (Å²) in [5.74, 6) is 1.76. The molecule has 1 nitrogen and oxygen atoms in total. The van der Waals surface area contributed by atoms with E-state index in [1.54, 1.807) is 0 Å². The smallest absolute Gasteiger partial charge is 0.0363 e. The highest BCUT2D eigenvalue weighted by Gasteiger charge is 2.04. The second kappa shape index (κ2) is 7.65. The Hall–Kier alpha value is -0.630. The Kier molecular flexibility index (Phi) is 6.49. The topological polar surface area (TPSA) is 3.24 Å². The van der Waals surface area contributed by atoms with Crippen molar-refractivity contribution in [1.29, 1.82) is 0 Å². The van der Waals surface area contributed by atoms with E-state index >= 15 is 0 Å². The Balaban J connectivity index is 2.43. The molecule has 0 radical (unpaired) electrons. The van der Waals surface area contributed by atoms with Gasteiger partial charge in [0.05, 0.1) is 0 Å². The summed E-state index contributed by atoms with van der Waals surface area (Å²) in [5.41, 5.74) is 2.73. The van der Waals surface area contributed by atoms with Gasteiger partial charge in [0, 0.05) is 19.3 Å². The van der Waals surface area contributed by atoms with Gasteiger partial charge >= 0.3 is 0 Å². The molecule has 1 atom stereocenters.